The van der Waals surface area contributed by atoms with Gasteiger partial charge in [0.15, 0.2) is 13.5 Å². The molecule has 0 spiro atoms. The predicted octanol–water partition coefficient (Wildman–Crippen LogP) is 4.82. The van der Waals surface area contributed by atoms with E-state index in [1.165, 1.54) is 18.9 Å². The van der Waals surface area contributed by atoms with Gasteiger partial charge >= 0.3 is 5.97 Å². The number of anilines is 2. The van der Waals surface area contributed by atoms with Crippen molar-refractivity contribution >= 4 is 63.9 Å². The molecule has 57 heavy (non-hydrogen) atoms. The van der Waals surface area contributed by atoms with Crippen molar-refractivity contribution in [3.8, 4) is 18.1 Å². The van der Waals surface area contributed by atoms with Gasteiger partial charge < -0.3 is 20.5 Å². The Morgan fingerprint density at radius 1 is 1.11 bits per heavy atom. The molecule has 0 saturated carbocycles. The van der Waals surface area contributed by atoms with Crippen molar-refractivity contribution in [2.45, 2.75) is 63.3 Å². The van der Waals surface area contributed by atoms with Gasteiger partial charge in [0.05, 0.1) is 10.7 Å². The zero-order chi connectivity index (χ0) is 42.4. The number of rotatable bonds is 10. The fraction of sp³-hybridized carbons (Fsp3) is 0.314. The van der Waals surface area contributed by atoms with E-state index in [0.29, 0.717) is 29.7 Å². The number of imide groups is 1. The van der Waals surface area contributed by atoms with Crippen molar-refractivity contribution in [1.29, 1.82) is 0 Å². The summed E-state index contributed by atoms with van der Waals surface area (Å²) in [6.45, 7) is 4.52. The average Bonchev–Trinajstić information content (AvgIpc) is 3.68. The van der Waals surface area contributed by atoms with Crippen LogP contribution in [-0.2, 0) is 29.0 Å². The maximum absolute atomic E-state index is 14.4. The Kier molecular flexibility index (Phi) is 14.3. The summed E-state index contributed by atoms with van der Waals surface area (Å²) in [7, 11) is -7.45. The number of hydrogen-bond donors (Lipinski definition) is 4. The van der Waals surface area contributed by atoms with Crippen LogP contribution in [0.3, 0.4) is 0 Å². The summed E-state index contributed by atoms with van der Waals surface area (Å²) < 4.78 is 84.8. The first kappa shape index (κ1) is 44.4. The van der Waals surface area contributed by atoms with Gasteiger partial charge in [0.1, 0.15) is 34.9 Å². The van der Waals surface area contributed by atoms with Gasteiger partial charge in [0.25, 0.3) is 32.8 Å². The second-order valence-electron chi connectivity index (χ2n) is 12.7. The number of hydrogen-bond acceptors (Lipinski definition) is 11. The maximum Gasteiger partial charge on any atom is 0.320 e. The number of para-hydroxylation sites is 1. The van der Waals surface area contributed by atoms with E-state index in [1.54, 1.807) is 24.6 Å². The molecule has 1 aliphatic heterocycles. The lowest BCUT2D eigenvalue weighted by Crippen LogP contribution is -2.32. The van der Waals surface area contributed by atoms with E-state index < -0.39 is 75.6 Å². The van der Waals surface area contributed by atoms with Crippen LogP contribution in [-0.4, -0.2) is 80.8 Å². The number of carboxylic acid groups (broad SMARTS) is 1. The number of nitrogens with two attached hydrogens (primary N) is 1. The normalized spacial score (nSPS) is 16.0. The summed E-state index contributed by atoms with van der Waals surface area (Å²) >= 11 is 5.97. The number of aromatic nitrogens is 4. The van der Waals surface area contributed by atoms with Crippen molar-refractivity contribution in [2.24, 2.45) is 5.73 Å². The van der Waals surface area contributed by atoms with Crippen molar-refractivity contribution in [3.63, 3.8) is 0 Å². The molecule has 2 aromatic carbocycles. The summed E-state index contributed by atoms with van der Waals surface area (Å²) in [5, 5.41) is 11.4. The number of terminal acetylenes is 1. The van der Waals surface area contributed by atoms with E-state index in [-0.39, 0.29) is 34.8 Å². The maximum atomic E-state index is 14.4. The monoisotopic (exact) mass is 853 g/mol. The Morgan fingerprint density at radius 3 is 2.25 bits per heavy atom. The third-order valence-corrected chi connectivity index (χ3v) is 10.6. The highest BCUT2D eigenvalue weighted by Crippen LogP contribution is 2.40. The van der Waals surface area contributed by atoms with Gasteiger partial charge in [-0.1, -0.05) is 23.6 Å². The van der Waals surface area contributed by atoms with Gasteiger partial charge in [-0.05, 0) is 70.2 Å². The molecule has 2 aliphatic rings. The lowest BCUT2D eigenvalue weighted by molar-refractivity contribution is -0.138. The second kappa shape index (κ2) is 18.3. The zero-order valence-corrected chi connectivity index (χ0v) is 32.9. The highest BCUT2D eigenvalue weighted by molar-refractivity contribution is 7.92. The largest absolute Gasteiger partial charge is 0.480 e. The predicted molar refractivity (Wildman–Crippen MR) is 202 cm³/mol. The van der Waals surface area contributed by atoms with Crippen LogP contribution in [0.1, 0.15) is 44.7 Å². The number of carbonyl (C=O) groups excluding carboxylic acids is 2. The van der Waals surface area contributed by atoms with E-state index >= 15 is 0 Å². The molecule has 3 unspecified atom stereocenters. The number of carboxylic acids is 1. The van der Waals surface area contributed by atoms with E-state index in [9.17, 15) is 40.5 Å². The molecule has 1 aliphatic carbocycles. The molecule has 2 aromatic heterocycles. The van der Waals surface area contributed by atoms with Crippen LogP contribution >= 0.6 is 19.0 Å². The van der Waals surface area contributed by atoms with Crippen LogP contribution in [0.4, 0.5) is 24.5 Å². The summed E-state index contributed by atoms with van der Waals surface area (Å²) in [4.78, 5) is 52.6. The fourth-order valence-corrected chi connectivity index (χ4v) is 7.10. The molecule has 3 atom stereocenters. The molecule has 4 aromatic rings. The third kappa shape index (κ3) is 11.2. The number of nitrogens with one attached hydrogen (secondary N) is 1. The smallest absolute Gasteiger partial charge is 0.320 e. The Morgan fingerprint density at radius 2 is 1.70 bits per heavy atom. The molecule has 6 rings (SSSR count). The van der Waals surface area contributed by atoms with Crippen molar-refractivity contribution in [3.05, 3.63) is 81.9 Å². The van der Waals surface area contributed by atoms with Crippen LogP contribution in [0.5, 0.6) is 5.75 Å². The number of halogens is 4. The highest BCUT2D eigenvalue weighted by Gasteiger charge is 2.41. The first-order valence-corrected chi connectivity index (χ1v) is 21.0. The van der Waals surface area contributed by atoms with Crippen molar-refractivity contribution < 1.29 is 55.3 Å². The Balaban J connectivity index is 0.000000203. The van der Waals surface area contributed by atoms with Crippen molar-refractivity contribution in [2.75, 3.05) is 22.4 Å². The number of ether oxygens (including phenoxy) is 1. The number of nitrogens with zero attached hydrogens (tertiary/aromatic N) is 5. The molecule has 304 valence electrons. The molecule has 0 fully saturated rings. The SMILES string of the molecule is C#CC(C)Oc1cc(N2C(=O)C3=C(CCCC3)C2=O)c(F)cc1Cl.CP(=O)(O)CCC(N)C(=O)O.Cc1ccn2nc(S(=O)(=O)Nc3c(F)cccc3F)nc2n1. The Labute approximate surface area is 329 Å². The molecule has 0 bridgehead atoms. The molecule has 22 heteroatoms. The zero-order valence-electron chi connectivity index (χ0n) is 30.4. The molecular weight excluding hydrogens is 818 g/mol. The number of carbonyl (C=O) groups is 3. The number of sulfonamides is 1. The molecule has 3 heterocycles. The average molecular weight is 854 g/mol. The Hall–Kier alpha value is -5.32. The van der Waals surface area contributed by atoms with Gasteiger partial charge in [-0.3, -0.25) is 23.7 Å². The van der Waals surface area contributed by atoms with E-state index in [0.717, 1.165) is 46.5 Å². The minimum atomic E-state index is -4.35. The van der Waals surface area contributed by atoms with Gasteiger partial charge in [-0.25, -0.2) is 27.6 Å². The molecular formula is C35H36ClF3N7O9PS. The standard InChI is InChI=1S/C18H15ClFNO3.C12H9F2N5O2S.C5H12NO4P/c1-3-10(2)24-16-9-15(14(20)8-13(16)19)21-17(22)11-6-4-5-7-12(11)18(21)23;1-7-5-6-19-11(15-7)16-12(17-19)22(20,21)18-10-8(13)3-2-4-9(10)14;1-11(9,10)3-2-4(6)5(7)8/h1,8-10H,4-7H2,2H3;2-6,18H,1H3;4H,2-3,6H2,1H3,(H,7,8)(H,9,10). The van der Waals surface area contributed by atoms with Crippen LogP contribution in [0.2, 0.25) is 5.02 Å². The third-order valence-electron chi connectivity index (χ3n) is 8.11. The first-order chi connectivity index (χ1) is 26.6. The van der Waals surface area contributed by atoms with Gasteiger partial charge in [0.2, 0.25) is 0 Å². The van der Waals surface area contributed by atoms with E-state index in [1.807, 2.05) is 0 Å². The number of benzene rings is 2. The number of aliphatic carboxylic acids is 1. The summed E-state index contributed by atoms with van der Waals surface area (Å²) in [6.07, 6.45) is 8.95. The van der Waals surface area contributed by atoms with Crippen LogP contribution < -0.4 is 20.1 Å². The molecule has 5 N–H and O–H groups in total. The topological polar surface area (TPSA) is 236 Å². The number of amides is 2. The molecule has 0 saturated heterocycles. The molecule has 16 nitrogen and oxygen atoms in total. The van der Waals surface area contributed by atoms with Crippen LogP contribution in [0.25, 0.3) is 5.78 Å². The van der Waals surface area contributed by atoms with Crippen molar-refractivity contribution in [1.82, 2.24) is 19.6 Å². The highest BCUT2D eigenvalue weighted by atomic mass is 35.5. The van der Waals surface area contributed by atoms with Crippen LogP contribution in [0, 0.1) is 36.7 Å². The minimum absolute atomic E-state index is 0.0233. The number of aryl methyl sites for hydroxylation is 1. The molecule has 0 radical (unpaired) electrons. The first-order valence-electron chi connectivity index (χ1n) is 16.8. The fourth-order valence-electron chi connectivity index (χ4n) is 5.20. The Bertz CT molecular complexity index is 2410. The second-order valence-corrected chi connectivity index (χ2v) is 17.2. The lowest BCUT2D eigenvalue weighted by Gasteiger charge is -2.19. The van der Waals surface area contributed by atoms with Gasteiger partial charge in [0, 0.05) is 41.9 Å². The summed E-state index contributed by atoms with van der Waals surface area (Å²) in [5.41, 5.74) is 5.74. The van der Waals surface area contributed by atoms with E-state index in [4.69, 9.17) is 38.5 Å². The quantitative estimate of drug-likeness (QED) is 0.0952. The number of fused-ring (bicyclic) bond motifs is 1. The van der Waals surface area contributed by atoms with Gasteiger partial charge in [-0.15, -0.1) is 11.5 Å². The van der Waals surface area contributed by atoms with E-state index in [2.05, 4.69) is 21.0 Å². The summed E-state index contributed by atoms with van der Waals surface area (Å²) in [5.74, 6) is -2.35. The lowest BCUT2D eigenvalue weighted by atomic mass is 9.93. The summed E-state index contributed by atoms with van der Waals surface area (Å²) in [6, 6.07) is 5.84. The van der Waals surface area contributed by atoms with Gasteiger partial charge in [-0.2, -0.15) is 13.4 Å². The molecule has 2 amide bonds. The van der Waals surface area contributed by atoms with Crippen LogP contribution in [0.15, 0.2) is 58.9 Å². The minimum Gasteiger partial charge on any atom is -0.480 e.